The summed E-state index contributed by atoms with van der Waals surface area (Å²) in [5.41, 5.74) is 0. The molecule has 0 spiro atoms. The number of allylic oxidation sites excluding steroid dienone is 6. The van der Waals surface area contributed by atoms with Crippen molar-refractivity contribution in [3.63, 3.8) is 0 Å². The highest BCUT2D eigenvalue weighted by atomic mass is 31.2. The molecule has 0 heterocycles. The van der Waals surface area contributed by atoms with E-state index in [1.807, 2.05) is 0 Å². The van der Waals surface area contributed by atoms with E-state index >= 15 is 0 Å². The van der Waals surface area contributed by atoms with Crippen LogP contribution in [-0.2, 0) is 32.7 Å². The summed E-state index contributed by atoms with van der Waals surface area (Å²) in [7, 11) is -5.12. The lowest BCUT2D eigenvalue weighted by Crippen LogP contribution is -2.64. The zero-order valence-corrected chi connectivity index (χ0v) is 41.4. The van der Waals surface area contributed by atoms with E-state index in [1.54, 1.807) is 0 Å². The third-order valence-electron chi connectivity index (χ3n) is 12.0. The molecule has 1 rings (SSSR count). The summed E-state index contributed by atoms with van der Waals surface area (Å²) in [5, 5.41) is 50.2. The fourth-order valence-electron chi connectivity index (χ4n) is 7.78. The number of unbranched alkanes of at least 4 members (excludes halogenated alkanes) is 25. The van der Waals surface area contributed by atoms with E-state index in [0.717, 1.165) is 64.2 Å². The molecule has 380 valence electrons. The molecule has 0 bridgehead atoms. The molecule has 1 aliphatic carbocycles. The van der Waals surface area contributed by atoms with Crippen molar-refractivity contribution in [1.29, 1.82) is 0 Å². The van der Waals surface area contributed by atoms with E-state index in [1.165, 1.54) is 116 Å². The Morgan fingerprint density at radius 1 is 0.477 bits per heavy atom. The first-order valence-corrected chi connectivity index (χ1v) is 27.3. The molecule has 65 heavy (non-hydrogen) atoms. The lowest BCUT2D eigenvalue weighted by molar-refractivity contribution is -0.220. The Hall–Kier alpha value is -1.93. The first kappa shape index (κ1) is 61.1. The van der Waals surface area contributed by atoms with Gasteiger partial charge in [0.15, 0.2) is 6.10 Å². The lowest BCUT2D eigenvalue weighted by atomic mass is 9.85. The molecule has 6 N–H and O–H groups in total. The van der Waals surface area contributed by atoms with Gasteiger partial charge < -0.3 is 39.9 Å². The Morgan fingerprint density at radius 2 is 0.831 bits per heavy atom. The van der Waals surface area contributed by atoms with Gasteiger partial charge in [-0.15, -0.1) is 0 Å². The van der Waals surface area contributed by atoms with Crippen molar-refractivity contribution >= 4 is 19.8 Å². The van der Waals surface area contributed by atoms with Gasteiger partial charge in [0.05, 0.1) is 6.61 Å². The third-order valence-corrected chi connectivity index (χ3v) is 12.9. The Balaban J connectivity index is 2.38. The largest absolute Gasteiger partial charge is 0.472 e. The van der Waals surface area contributed by atoms with Gasteiger partial charge in [0, 0.05) is 12.8 Å². The van der Waals surface area contributed by atoms with Gasteiger partial charge in [-0.25, -0.2) is 4.57 Å². The number of hydrogen-bond acceptors (Lipinski definition) is 12. The number of ether oxygens (including phenoxy) is 2. The van der Waals surface area contributed by atoms with Crippen LogP contribution in [0.2, 0.25) is 0 Å². The highest BCUT2D eigenvalue weighted by Crippen LogP contribution is 2.47. The summed E-state index contributed by atoms with van der Waals surface area (Å²) < 4.78 is 33.6. The summed E-state index contributed by atoms with van der Waals surface area (Å²) in [6.45, 7) is 3.28. The molecule has 6 unspecified atom stereocenters. The summed E-state index contributed by atoms with van der Waals surface area (Å²) >= 11 is 0. The van der Waals surface area contributed by atoms with Gasteiger partial charge in [-0.1, -0.05) is 172 Å². The van der Waals surface area contributed by atoms with Crippen LogP contribution in [0.5, 0.6) is 0 Å². The molecule has 0 radical (unpaired) electrons. The minimum atomic E-state index is -5.12. The fourth-order valence-corrected chi connectivity index (χ4v) is 8.76. The van der Waals surface area contributed by atoms with Crippen LogP contribution in [0.25, 0.3) is 0 Å². The van der Waals surface area contributed by atoms with Crippen LogP contribution in [0.1, 0.15) is 219 Å². The number of aliphatic hydroxyl groups excluding tert-OH is 5. The molecule has 13 nitrogen and oxygen atoms in total. The molecule has 0 saturated heterocycles. The predicted molar refractivity (Wildman–Crippen MR) is 258 cm³/mol. The van der Waals surface area contributed by atoms with Crippen molar-refractivity contribution in [2.75, 3.05) is 13.2 Å². The highest BCUT2D eigenvalue weighted by Gasteiger charge is 2.51. The molecular weight excluding hydrogens is 852 g/mol. The number of carbonyl (C=O) groups is 2. The maximum atomic E-state index is 12.8. The zero-order chi connectivity index (χ0) is 47.8. The molecule has 0 aromatic rings. The van der Waals surface area contributed by atoms with E-state index in [-0.39, 0.29) is 12.8 Å². The monoisotopic (exact) mass is 945 g/mol. The summed E-state index contributed by atoms with van der Waals surface area (Å²) in [5.74, 6) is -1.11. The number of phosphoric acid groups is 1. The van der Waals surface area contributed by atoms with Crippen molar-refractivity contribution in [2.45, 2.75) is 262 Å². The minimum Gasteiger partial charge on any atom is -0.462 e. The van der Waals surface area contributed by atoms with E-state index in [4.69, 9.17) is 18.5 Å². The van der Waals surface area contributed by atoms with Gasteiger partial charge in [-0.05, 0) is 70.6 Å². The SMILES string of the molecule is CCCCC/C=C/C/C=C/CCCCCCCC(=O)O[C@@H](COC(=O)CCCCCCCCCCCCC/C=C/CCCCCCCC)COP(=O)(O)OC1C(O)C(O)C(O)[C@H](O)C1O. The van der Waals surface area contributed by atoms with Crippen molar-refractivity contribution in [3.05, 3.63) is 36.5 Å². The Kier molecular flexibility index (Phi) is 38.6. The molecule has 1 fully saturated rings. The second-order valence-corrected chi connectivity index (χ2v) is 19.4. The standard InChI is InChI=1S/C51H93O13P/c1-3-5-7-9-11-13-15-17-19-20-21-22-23-24-26-27-29-31-33-35-37-39-44(52)61-41-43(42-62-65(59,60)64-51-49(57)47(55)46(54)48(56)50(51)58)63-45(53)40-38-36-34-32-30-28-25-18-16-14-12-10-8-6-4-2/h12,14,17-19,25,43,46-51,54-58H,3-11,13,15-16,20-24,26-42H2,1-2H3,(H,59,60)/b14-12+,19-17+,25-18+/t43-,46?,47-,48?,49?,50?,51?/m0/s1. The molecule has 0 aromatic heterocycles. The Labute approximate surface area is 393 Å². The van der Waals surface area contributed by atoms with E-state index in [2.05, 4.69) is 50.3 Å². The Bertz CT molecular complexity index is 1280. The van der Waals surface area contributed by atoms with Crippen molar-refractivity contribution < 1.29 is 63.1 Å². The highest BCUT2D eigenvalue weighted by molar-refractivity contribution is 7.47. The van der Waals surface area contributed by atoms with Gasteiger partial charge in [0.1, 0.15) is 43.2 Å². The minimum absolute atomic E-state index is 0.0814. The third kappa shape index (κ3) is 33.3. The van der Waals surface area contributed by atoms with Crippen molar-refractivity contribution in [2.24, 2.45) is 0 Å². The summed E-state index contributed by atoms with van der Waals surface area (Å²) in [4.78, 5) is 35.8. The van der Waals surface area contributed by atoms with Crippen molar-refractivity contribution in [3.8, 4) is 0 Å². The van der Waals surface area contributed by atoms with Gasteiger partial charge in [0.25, 0.3) is 0 Å². The van der Waals surface area contributed by atoms with Crippen LogP contribution < -0.4 is 0 Å². The molecule has 1 aliphatic rings. The van der Waals surface area contributed by atoms with Gasteiger partial charge in [-0.3, -0.25) is 18.6 Å². The molecule has 0 amide bonds. The average molecular weight is 945 g/mol. The number of phosphoric ester groups is 1. The maximum absolute atomic E-state index is 12.8. The first-order chi connectivity index (χ1) is 31.4. The van der Waals surface area contributed by atoms with Gasteiger partial charge in [-0.2, -0.15) is 0 Å². The number of carbonyl (C=O) groups excluding carboxylic acids is 2. The van der Waals surface area contributed by atoms with E-state index in [0.29, 0.717) is 12.8 Å². The maximum Gasteiger partial charge on any atom is 0.472 e. The van der Waals surface area contributed by atoms with Crippen LogP contribution >= 0.6 is 7.82 Å². The predicted octanol–water partition coefficient (Wildman–Crippen LogP) is 11.0. The molecule has 0 aromatic carbocycles. The smallest absolute Gasteiger partial charge is 0.462 e. The van der Waals surface area contributed by atoms with Gasteiger partial charge >= 0.3 is 19.8 Å². The molecular formula is C51H93O13P. The van der Waals surface area contributed by atoms with Gasteiger partial charge in [0.2, 0.25) is 0 Å². The second kappa shape index (κ2) is 41.1. The molecule has 14 heteroatoms. The molecule has 8 atom stereocenters. The van der Waals surface area contributed by atoms with Crippen LogP contribution in [0.15, 0.2) is 36.5 Å². The topological polar surface area (TPSA) is 210 Å². The van der Waals surface area contributed by atoms with Crippen LogP contribution in [-0.4, -0.2) is 98.3 Å². The van der Waals surface area contributed by atoms with Crippen LogP contribution in [0.3, 0.4) is 0 Å². The molecule has 1 saturated carbocycles. The number of esters is 2. The van der Waals surface area contributed by atoms with Crippen molar-refractivity contribution in [1.82, 2.24) is 0 Å². The van der Waals surface area contributed by atoms with Crippen LogP contribution in [0, 0.1) is 0 Å². The number of rotatable bonds is 43. The number of hydrogen-bond donors (Lipinski definition) is 6. The zero-order valence-electron chi connectivity index (χ0n) is 40.5. The average Bonchev–Trinajstić information content (AvgIpc) is 3.29. The van der Waals surface area contributed by atoms with Crippen LogP contribution in [0.4, 0.5) is 0 Å². The summed E-state index contributed by atoms with van der Waals surface area (Å²) in [6.07, 6.45) is 34.8. The molecule has 0 aliphatic heterocycles. The second-order valence-electron chi connectivity index (χ2n) is 18.0. The van der Waals surface area contributed by atoms with E-state index < -0.39 is 75.7 Å². The fraction of sp³-hybridized carbons (Fsp3) is 0.843. The lowest BCUT2D eigenvalue weighted by Gasteiger charge is -2.41. The number of aliphatic hydroxyl groups is 5. The Morgan fingerprint density at radius 3 is 1.29 bits per heavy atom. The van der Waals surface area contributed by atoms with E-state index in [9.17, 15) is 44.6 Å². The normalized spacial score (nSPS) is 21.7. The first-order valence-electron chi connectivity index (χ1n) is 25.8. The quantitative estimate of drug-likeness (QED) is 0.0146. The summed E-state index contributed by atoms with van der Waals surface area (Å²) in [6, 6.07) is 0.